The average molecular weight is 330 g/mol. The van der Waals surface area contributed by atoms with E-state index < -0.39 is 6.04 Å². The summed E-state index contributed by atoms with van der Waals surface area (Å²) in [5, 5.41) is 10.4. The van der Waals surface area contributed by atoms with Crippen LogP contribution in [0.1, 0.15) is 37.7 Å². The second kappa shape index (κ2) is 5.81. The van der Waals surface area contributed by atoms with Crippen molar-refractivity contribution in [3.63, 3.8) is 0 Å². The van der Waals surface area contributed by atoms with Gasteiger partial charge in [0, 0.05) is 17.5 Å². The summed E-state index contributed by atoms with van der Waals surface area (Å²) in [5.41, 5.74) is 0.688. The highest BCUT2D eigenvalue weighted by atomic mass is 16.5. The third kappa shape index (κ3) is 2.70. The van der Waals surface area contributed by atoms with Gasteiger partial charge in [0.1, 0.15) is 17.3 Å². The van der Waals surface area contributed by atoms with Crippen LogP contribution in [0.4, 0.5) is 0 Å². The summed E-state index contributed by atoms with van der Waals surface area (Å²) >= 11 is 0. The fourth-order valence-electron chi connectivity index (χ4n) is 3.07. The number of amides is 2. The molecule has 1 aliphatic rings. The van der Waals surface area contributed by atoms with Crippen molar-refractivity contribution < 1.29 is 14.3 Å². The van der Waals surface area contributed by atoms with Crippen LogP contribution < -0.4 is 10.1 Å². The van der Waals surface area contributed by atoms with Gasteiger partial charge in [-0.25, -0.2) is 0 Å². The molecule has 1 aliphatic heterocycles. The Labute approximate surface area is 140 Å². The fraction of sp³-hybridized carbons (Fsp3) is 0.471. The number of likely N-dealkylation sites (tertiary alicyclic amines) is 1. The first-order valence-electron chi connectivity index (χ1n) is 7.96. The molecule has 3 rings (SSSR count). The number of ether oxygens (including phenoxy) is 1. The number of hydrogen-bond donors (Lipinski definition) is 2. The molecule has 1 aromatic heterocycles. The van der Waals surface area contributed by atoms with Crippen LogP contribution in [-0.2, 0) is 4.79 Å². The smallest absolute Gasteiger partial charge is 0.273 e. The first-order valence-corrected chi connectivity index (χ1v) is 7.96. The number of hydrogen-bond acceptors (Lipinski definition) is 4. The molecule has 0 bridgehead atoms. The van der Waals surface area contributed by atoms with Gasteiger partial charge in [0.05, 0.1) is 7.11 Å². The summed E-state index contributed by atoms with van der Waals surface area (Å²) in [4.78, 5) is 26.9. The zero-order valence-electron chi connectivity index (χ0n) is 14.3. The molecule has 1 aromatic carbocycles. The number of para-hydroxylation sites is 1. The van der Waals surface area contributed by atoms with E-state index in [4.69, 9.17) is 4.74 Å². The van der Waals surface area contributed by atoms with Crippen LogP contribution in [0.15, 0.2) is 18.2 Å². The van der Waals surface area contributed by atoms with Crippen molar-refractivity contribution in [3.8, 4) is 5.75 Å². The Morgan fingerprint density at radius 2 is 2.17 bits per heavy atom. The molecule has 0 radical (unpaired) electrons. The van der Waals surface area contributed by atoms with Gasteiger partial charge in [-0.05, 0) is 33.3 Å². The van der Waals surface area contributed by atoms with Gasteiger partial charge >= 0.3 is 0 Å². The maximum absolute atomic E-state index is 12.6. The molecule has 7 heteroatoms. The molecule has 0 aliphatic carbocycles. The number of methoxy groups -OCH3 is 1. The standard InChI is InChI=1S/C17H22N4O3/c1-17(2,3)21-9-8-11(16(21)23)18-15(22)14-10-6-5-7-12(24-4)13(10)19-20-14/h5-7,11H,8-9H2,1-4H3,(H,18,22)(H,19,20)/t11-/m0/s1. The molecular formula is C17H22N4O3. The highest BCUT2D eigenvalue weighted by Crippen LogP contribution is 2.26. The maximum atomic E-state index is 12.6. The topological polar surface area (TPSA) is 87.3 Å². The van der Waals surface area contributed by atoms with Crippen molar-refractivity contribution in [2.45, 2.75) is 38.8 Å². The van der Waals surface area contributed by atoms with Gasteiger partial charge in [-0.15, -0.1) is 0 Å². The van der Waals surface area contributed by atoms with Gasteiger partial charge < -0.3 is 15.0 Å². The minimum absolute atomic E-state index is 0.0479. The van der Waals surface area contributed by atoms with Crippen LogP contribution >= 0.6 is 0 Å². The van der Waals surface area contributed by atoms with Crippen molar-refractivity contribution in [3.05, 3.63) is 23.9 Å². The van der Waals surface area contributed by atoms with E-state index in [1.807, 2.05) is 20.8 Å². The molecule has 0 unspecified atom stereocenters. The Kier molecular flexibility index (Phi) is 3.95. The van der Waals surface area contributed by atoms with Gasteiger partial charge in [0.15, 0.2) is 5.69 Å². The van der Waals surface area contributed by atoms with Crippen LogP contribution in [0, 0.1) is 0 Å². The minimum atomic E-state index is -0.505. The lowest BCUT2D eigenvalue weighted by Gasteiger charge is -2.32. The molecule has 1 atom stereocenters. The van der Waals surface area contributed by atoms with E-state index in [0.717, 1.165) is 0 Å². The Bertz CT molecular complexity index is 791. The number of aromatic nitrogens is 2. The van der Waals surface area contributed by atoms with Crippen LogP contribution in [0.5, 0.6) is 5.75 Å². The van der Waals surface area contributed by atoms with E-state index in [1.54, 1.807) is 30.2 Å². The highest BCUT2D eigenvalue weighted by Gasteiger charge is 2.38. The van der Waals surface area contributed by atoms with Crippen LogP contribution in [0.2, 0.25) is 0 Å². The molecule has 2 N–H and O–H groups in total. The summed E-state index contributed by atoms with van der Waals surface area (Å²) < 4.78 is 5.26. The number of H-pyrrole nitrogens is 1. The number of rotatable bonds is 3. The molecule has 0 saturated carbocycles. The average Bonchev–Trinajstić information content (AvgIpc) is 3.10. The largest absolute Gasteiger partial charge is 0.494 e. The molecule has 2 heterocycles. The van der Waals surface area contributed by atoms with E-state index in [1.165, 1.54) is 0 Å². The fourth-order valence-corrected chi connectivity index (χ4v) is 3.07. The number of carbonyl (C=O) groups is 2. The maximum Gasteiger partial charge on any atom is 0.273 e. The van der Waals surface area contributed by atoms with Gasteiger partial charge in [0.25, 0.3) is 5.91 Å². The lowest BCUT2D eigenvalue weighted by atomic mass is 10.1. The molecule has 7 nitrogen and oxygen atoms in total. The van der Waals surface area contributed by atoms with E-state index in [-0.39, 0.29) is 23.0 Å². The van der Waals surface area contributed by atoms with E-state index >= 15 is 0 Å². The monoisotopic (exact) mass is 330 g/mol. The predicted octanol–water partition coefficient (Wildman–Crippen LogP) is 1.70. The van der Waals surface area contributed by atoms with Crippen LogP contribution in [-0.4, -0.2) is 52.1 Å². The van der Waals surface area contributed by atoms with Crippen molar-refractivity contribution in [2.24, 2.45) is 0 Å². The van der Waals surface area contributed by atoms with Gasteiger partial charge in [-0.1, -0.05) is 12.1 Å². The minimum Gasteiger partial charge on any atom is -0.494 e. The molecule has 128 valence electrons. The van der Waals surface area contributed by atoms with Gasteiger partial charge in [0.2, 0.25) is 5.91 Å². The second-order valence-corrected chi connectivity index (χ2v) is 6.93. The van der Waals surface area contributed by atoms with Crippen molar-refractivity contribution in [1.29, 1.82) is 0 Å². The van der Waals surface area contributed by atoms with E-state index in [0.29, 0.717) is 29.6 Å². The zero-order chi connectivity index (χ0) is 17.5. The number of benzene rings is 1. The van der Waals surface area contributed by atoms with Gasteiger partial charge in [-0.2, -0.15) is 5.10 Å². The quantitative estimate of drug-likeness (QED) is 0.897. The third-order valence-corrected chi connectivity index (χ3v) is 4.32. The van der Waals surface area contributed by atoms with Crippen LogP contribution in [0.25, 0.3) is 10.9 Å². The summed E-state index contributed by atoms with van der Waals surface area (Å²) in [6.45, 7) is 6.61. The first-order chi connectivity index (χ1) is 11.3. The third-order valence-electron chi connectivity index (χ3n) is 4.32. The van der Waals surface area contributed by atoms with Crippen molar-refractivity contribution >= 4 is 22.7 Å². The molecule has 1 fully saturated rings. The SMILES string of the molecule is COc1cccc2c(C(=O)N[C@H]3CCN(C(C)(C)C)C3=O)n[nH]c12. The molecule has 1 saturated heterocycles. The summed E-state index contributed by atoms with van der Waals surface area (Å²) in [6, 6.07) is 4.89. The Morgan fingerprint density at radius 3 is 2.79 bits per heavy atom. The number of fused-ring (bicyclic) bond motifs is 1. The first kappa shape index (κ1) is 16.3. The van der Waals surface area contributed by atoms with Crippen LogP contribution in [0.3, 0.4) is 0 Å². The summed E-state index contributed by atoms with van der Waals surface area (Å²) in [7, 11) is 1.56. The number of nitrogens with zero attached hydrogens (tertiary/aromatic N) is 2. The predicted molar refractivity (Wildman–Crippen MR) is 90.0 cm³/mol. The number of carbonyl (C=O) groups excluding carboxylic acids is 2. The lowest BCUT2D eigenvalue weighted by Crippen LogP contribution is -2.47. The highest BCUT2D eigenvalue weighted by molar-refractivity contribution is 6.07. The lowest BCUT2D eigenvalue weighted by molar-refractivity contribution is -0.133. The molecule has 2 aromatic rings. The Hall–Kier alpha value is -2.57. The molecule has 0 spiro atoms. The Morgan fingerprint density at radius 1 is 1.42 bits per heavy atom. The summed E-state index contributed by atoms with van der Waals surface area (Å²) in [5.74, 6) is 0.215. The van der Waals surface area contributed by atoms with Crippen molar-refractivity contribution in [1.82, 2.24) is 20.4 Å². The second-order valence-electron chi connectivity index (χ2n) is 6.93. The summed E-state index contributed by atoms with van der Waals surface area (Å²) in [6.07, 6.45) is 0.605. The normalized spacial score (nSPS) is 18.2. The molecule has 24 heavy (non-hydrogen) atoms. The van der Waals surface area contributed by atoms with E-state index in [2.05, 4.69) is 15.5 Å². The van der Waals surface area contributed by atoms with Gasteiger partial charge in [-0.3, -0.25) is 14.7 Å². The van der Waals surface area contributed by atoms with Crippen molar-refractivity contribution in [2.75, 3.05) is 13.7 Å². The number of nitrogens with one attached hydrogen (secondary N) is 2. The van der Waals surface area contributed by atoms with E-state index in [9.17, 15) is 9.59 Å². The molecule has 2 amide bonds. The number of aromatic amines is 1. The Balaban J connectivity index is 1.81. The molecular weight excluding hydrogens is 308 g/mol. The zero-order valence-corrected chi connectivity index (χ0v) is 14.3.